The number of rotatable bonds is 2. The molecule has 1 aromatic carbocycles. The average molecular weight is 247 g/mol. The van der Waals surface area contributed by atoms with Gasteiger partial charge < -0.3 is 9.84 Å². The molecule has 82 valence electrons. The van der Waals surface area contributed by atoms with Crippen LogP contribution in [0, 0.1) is 0 Å². The molecule has 1 atom stereocenters. The summed E-state index contributed by atoms with van der Waals surface area (Å²) >= 11 is 12.1. The zero-order chi connectivity index (χ0) is 10.9. The van der Waals surface area contributed by atoms with Crippen LogP contribution in [-0.2, 0) is 11.2 Å². The SMILES string of the molecule is OC1(Cc2c(Cl)cccc2Cl)CCOC1. The Morgan fingerprint density at radius 2 is 2.00 bits per heavy atom. The minimum atomic E-state index is -0.811. The fourth-order valence-electron chi connectivity index (χ4n) is 1.77. The van der Waals surface area contributed by atoms with Gasteiger partial charge in [0.15, 0.2) is 0 Å². The van der Waals surface area contributed by atoms with Gasteiger partial charge in [0.25, 0.3) is 0 Å². The van der Waals surface area contributed by atoms with Crippen molar-refractivity contribution in [3.8, 4) is 0 Å². The van der Waals surface area contributed by atoms with Crippen molar-refractivity contribution >= 4 is 23.2 Å². The molecule has 0 amide bonds. The van der Waals surface area contributed by atoms with E-state index >= 15 is 0 Å². The largest absolute Gasteiger partial charge is 0.387 e. The summed E-state index contributed by atoms with van der Waals surface area (Å²) in [5.41, 5.74) is -0.0110. The van der Waals surface area contributed by atoms with E-state index in [1.54, 1.807) is 18.2 Å². The molecule has 1 aliphatic rings. The first-order valence-electron chi connectivity index (χ1n) is 4.84. The van der Waals surface area contributed by atoms with Gasteiger partial charge in [0.1, 0.15) is 0 Å². The van der Waals surface area contributed by atoms with Crippen LogP contribution in [-0.4, -0.2) is 23.9 Å². The molecule has 1 unspecified atom stereocenters. The second kappa shape index (κ2) is 4.30. The van der Waals surface area contributed by atoms with E-state index in [4.69, 9.17) is 27.9 Å². The molecule has 1 heterocycles. The molecule has 1 aromatic rings. The zero-order valence-electron chi connectivity index (χ0n) is 8.17. The van der Waals surface area contributed by atoms with Crippen molar-refractivity contribution in [1.82, 2.24) is 0 Å². The molecule has 0 aromatic heterocycles. The van der Waals surface area contributed by atoms with Crippen molar-refractivity contribution in [1.29, 1.82) is 0 Å². The van der Waals surface area contributed by atoms with E-state index in [2.05, 4.69) is 0 Å². The number of hydrogen-bond donors (Lipinski definition) is 1. The minimum absolute atomic E-state index is 0.356. The summed E-state index contributed by atoms with van der Waals surface area (Å²) in [6.07, 6.45) is 1.08. The Bertz CT molecular complexity index is 339. The van der Waals surface area contributed by atoms with Gasteiger partial charge in [0, 0.05) is 29.5 Å². The molecule has 1 fully saturated rings. The van der Waals surface area contributed by atoms with Crippen LogP contribution in [0.2, 0.25) is 10.0 Å². The monoisotopic (exact) mass is 246 g/mol. The lowest BCUT2D eigenvalue weighted by molar-refractivity contribution is 0.0271. The predicted molar refractivity (Wildman–Crippen MR) is 60.6 cm³/mol. The third-order valence-electron chi connectivity index (χ3n) is 2.65. The molecule has 4 heteroatoms. The van der Waals surface area contributed by atoms with Crippen LogP contribution in [0.5, 0.6) is 0 Å². The van der Waals surface area contributed by atoms with Gasteiger partial charge in [-0.2, -0.15) is 0 Å². The summed E-state index contributed by atoms with van der Waals surface area (Å²) in [5.74, 6) is 0. The smallest absolute Gasteiger partial charge is 0.0943 e. The molecule has 1 N–H and O–H groups in total. The summed E-state index contributed by atoms with van der Waals surface area (Å²) in [6, 6.07) is 5.35. The summed E-state index contributed by atoms with van der Waals surface area (Å²) in [4.78, 5) is 0. The number of aliphatic hydroxyl groups is 1. The fourth-order valence-corrected chi connectivity index (χ4v) is 2.30. The van der Waals surface area contributed by atoms with Gasteiger partial charge >= 0.3 is 0 Å². The van der Waals surface area contributed by atoms with E-state index in [0.717, 1.165) is 5.56 Å². The molecule has 0 bridgehead atoms. The molecule has 0 radical (unpaired) electrons. The van der Waals surface area contributed by atoms with Gasteiger partial charge in [-0.15, -0.1) is 0 Å². The maximum atomic E-state index is 10.2. The van der Waals surface area contributed by atoms with Crippen molar-refractivity contribution < 1.29 is 9.84 Å². The third-order valence-corrected chi connectivity index (χ3v) is 3.36. The van der Waals surface area contributed by atoms with Crippen LogP contribution >= 0.6 is 23.2 Å². The molecular weight excluding hydrogens is 235 g/mol. The quantitative estimate of drug-likeness (QED) is 0.870. The van der Waals surface area contributed by atoms with Crippen LogP contribution in [0.3, 0.4) is 0 Å². The second-order valence-corrected chi connectivity index (χ2v) is 4.72. The summed E-state index contributed by atoms with van der Waals surface area (Å²) < 4.78 is 5.18. The van der Waals surface area contributed by atoms with Crippen LogP contribution in [0.15, 0.2) is 18.2 Å². The lowest BCUT2D eigenvalue weighted by Crippen LogP contribution is -2.31. The van der Waals surface area contributed by atoms with Crippen molar-refractivity contribution in [2.45, 2.75) is 18.4 Å². The molecule has 1 aliphatic heterocycles. The Kier molecular flexibility index (Phi) is 3.21. The van der Waals surface area contributed by atoms with Gasteiger partial charge in [0.2, 0.25) is 0 Å². The number of benzene rings is 1. The van der Waals surface area contributed by atoms with E-state index in [9.17, 15) is 5.11 Å². The van der Waals surface area contributed by atoms with Crippen molar-refractivity contribution in [2.24, 2.45) is 0 Å². The van der Waals surface area contributed by atoms with Gasteiger partial charge in [-0.1, -0.05) is 29.3 Å². The van der Waals surface area contributed by atoms with E-state index in [0.29, 0.717) is 36.1 Å². The molecule has 0 saturated carbocycles. The Labute approximate surface area is 98.8 Å². The maximum absolute atomic E-state index is 10.2. The second-order valence-electron chi connectivity index (χ2n) is 3.90. The van der Waals surface area contributed by atoms with Gasteiger partial charge in [-0.3, -0.25) is 0 Å². The van der Waals surface area contributed by atoms with Gasteiger partial charge in [-0.05, 0) is 17.7 Å². The first-order valence-corrected chi connectivity index (χ1v) is 5.59. The molecule has 2 rings (SSSR count). The Morgan fingerprint density at radius 3 is 2.53 bits per heavy atom. The van der Waals surface area contributed by atoms with E-state index in [-0.39, 0.29) is 0 Å². The van der Waals surface area contributed by atoms with E-state index < -0.39 is 5.60 Å². The molecule has 0 spiro atoms. The highest BCUT2D eigenvalue weighted by Gasteiger charge is 2.33. The van der Waals surface area contributed by atoms with Crippen LogP contribution in [0.4, 0.5) is 0 Å². The molecule has 2 nitrogen and oxygen atoms in total. The predicted octanol–water partition coefficient (Wildman–Crippen LogP) is 2.69. The van der Waals surface area contributed by atoms with E-state index in [1.165, 1.54) is 0 Å². The topological polar surface area (TPSA) is 29.5 Å². The number of halogens is 2. The van der Waals surface area contributed by atoms with Crippen molar-refractivity contribution in [2.75, 3.05) is 13.2 Å². The Hall–Kier alpha value is -0.280. The van der Waals surface area contributed by atoms with Gasteiger partial charge in [0.05, 0.1) is 12.2 Å². The normalized spacial score (nSPS) is 25.8. The number of ether oxygens (including phenoxy) is 1. The Balaban J connectivity index is 2.23. The average Bonchev–Trinajstić information content (AvgIpc) is 2.60. The van der Waals surface area contributed by atoms with Crippen molar-refractivity contribution in [3.63, 3.8) is 0 Å². The van der Waals surface area contributed by atoms with Crippen LogP contribution < -0.4 is 0 Å². The highest BCUT2D eigenvalue weighted by molar-refractivity contribution is 6.36. The number of hydrogen-bond acceptors (Lipinski definition) is 2. The molecule has 1 saturated heterocycles. The standard InChI is InChI=1S/C11H12Cl2O2/c12-9-2-1-3-10(13)8(9)6-11(14)4-5-15-7-11/h1-3,14H,4-7H2. The maximum Gasteiger partial charge on any atom is 0.0943 e. The minimum Gasteiger partial charge on any atom is -0.387 e. The highest BCUT2D eigenvalue weighted by Crippen LogP contribution is 2.31. The first kappa shape index (κ1) is 11.2. The Morgan fingerprint density at radius 1 is 1.33 bits per heavy atom. The van der Waals surface area contributed by atoms with Gasteiger partial charge in [-0.25, -0.2) is 0 Å². The van der Waals surface area contributed by atoms with Crippen LogP contribution in [0.25, 0.3) is 0 Å². The highest BCUT2D eigenvalue weighted by atomic mass is 35.5. The fraction of sp³-hybridized carbons (Fsp3) is 0.455. The van der Waals surface area contributed by atoms with Crippen LogP contribution in [0.1, 0.15) is 12.0 Å². The van der Waals surface area contributed by atoms with E-state index in [1.807, 2.05) is 0 Å². The summed E-state index contributed by atoms with van der Waals surface area (Å²) in [6.45, 7) is 0.952. The summed E-state index contributed by atoms with van der Waals surface area (Å²) in [5, 5.41) is 11.4. The molecular formula is C11H12Cl2O2. The summed E-state index contributed by atoms with van der Waals surface area (Å²) in [7, 11) is 0. The lowest BCUT2D eigenvalue weighted by atomic mass is 9.94. The van der Waals surface area contributed by atoms with Crippen molar-refractivity contribution in [3.05, 3.63) is 33.8 Å². The zero-order valence-corrected chi connectivity index (χ0v) is 9.68. The first-order chi connectivity index (χ1) is 7.11. The molecule has 15 heavy (non-hydrogen) atoms. The molecule has 0 aliphatic carbocycles. The third kappa shape index (κ3) is 2.45. The lowest BCUT2D eigenvalue weighted by Gasteiger charge is -2.21.